The SMILES string of the molecule is O=C(O)C(CNCc1ccc(F)c(Cl)c1)c1ccccc1. The third-order valence-electron chi connectivity index (χ3n) is 3.16. The number of hydrogen-bond acceptors (Lipinski definition) is 2. The summed E-state index contributed by atoms with van der Waals surface area (Å²) in [6.45, 7) is 0.713. The Balaban J connectivity index is 1.97. The molecule has 0 heterocycles. The number of carboxylic acid groups (broad SMARTS) is 1. The summed E-state index contributed by atoms with van der Waals surface area (Å²) in [5, 5.41) is 12.4. The van der Waals surface area contributed by atoms with Gasteiger partial charge in [-0.2, -0.15) is 0 Å². The van der Waals surface area contributed by atoms with Gasteiger partial charge >= 0.3 is 5.97 Å². The van der Waals surface area contributed by atoms with Gasteiger partial charge in [-0.1, -0.05) is 48.0 Å². The van der Waals surface area contributed by atoms with Crippen LogP contribution in [0.15, 0.2) is 48.5 Å². The summed E-state index contributed by atoms with van der Waals surface area (Å²) in [7, 11) is 0. The van der Waals surface area contributed by atoms with Crippen LogP contribution in [0.1, 0.15) is 17.0 Å². The van der Waals surface area contributed by atoms with E-state index in [9.17, 15) is 14.3 Å². The van der Waals surface area contributed by atoms with Gasteiger partial charge in [0.15, 0.2) is 0 Å². The molecule has 1 atom stereocenters. The zero-order valence-electron chi connectivity index (χ0n) is 11.2. The van der Waals surface area contributed by atoms with Crippen molar-refractivity contribution >= 4 is 17.6 Å². The first-order valence-electron chi connectivity index (χ1n) is 6.50. The highest BCUT2D eigenvalue weighted by Crippen LogP contribution is 2.17. The molecule has 0 amide bonds. The van der Waals surface area contributed by atoms with Gasteiger partial charge in [0.25, 0.3) is 0 Å². The van der Waals surface area contributed by atoms with Crippen LogP contribution in [0.2, 0.25) is 5.02 Å². The van der Waals surface area contributed by atoms with Crippen molar-refractivity contribution in [2.24, 2.45) is 0 Å². The van der Waals surface area contributed by atoms with E-state index in [0.717, 1.165) is 11.1 Å². The Hall–Kier alpha value is -1.91. The van der Waals surface area contributed by atoms with Crippen LogP contribution in [0.3, 0.4) is 0 Å². The highest BCUT2D eigenvalue weighted by molar-refractivity contribution is 6.30. The quantitative estimate of drug-likeness (QED) is 0.859. The second kappa shape index (κ2) is 7.20. The average molecular weight is 308 g/mol. The van der Waals surface area contributed by atoms with E-state index in [4.69, 9.17) is 11.6 Å². The maximum absolute atomic E-state index is 13.0. The average Bonchev–Trinajstić information content (AvgIpc) is 2.48. The Morgan fingerprint density at radius 2 is 1.95 bits per heavy atom. The van der Waals surface area contributed by atoms with Crippen molar-refractivity contribution in [3.63, 3.8) is 0 Å². The number of nitrogens with one attached hydrogen (secondary N) is 1. The lowest BCUT2D eigenvalue weighted by atomic mass is 9.99. The van der Waals surface area contributed by atoms with E-state index in [-0.39, 0.29) is 11.6 Å². The smallest absolute Gasteiger partial charge is 0.312 e. The molecule has 0 spiro atoms. The van der Waals surface area contributed by atoms with Gasteiger partial charge in [-0.05, 0) is 23.3 Å². The molecule has 0 aliphatic rings. The van der Waals surface area contributed by atoms with E-state index in [1.165, 1.54) is 12.1 Å². The first-order chi connectivity index (χ1) is 10.1. The van der Waals surface area contributed by atoms with Crippen molar-refractivity contribution < 1.29 is 14.3 Å². The van der Waals surface area contributed by atoms with E-state index in [0.29, 0.717) is 6.54 Å². The molecular weight excluding hydrogens is 293 g/mol. The van der Waals surface area contributed by atoms with Gasteiger partial charge < -0.3 is 10.4 Å². The maximum atomic E-state index is 13.0. The number of aliphatic carboxylic acids is 1. The summed E-state index contributed by atoms with van der Waals surface area (Å²) in [6, 6.07) is 13.5. The molecule has 2 aromatic carbocycles. The second-order valence-corrected chi connectivity index (χ2v) is 5.09. The van der Waals surface area contributed by atoms with Crippen LogP contribution >= 0.6 is 11.6 Å². The molecule has 3 nitrogen and oxygen atoms in total. The predicted molar refractivity (Wildman–Crippen MR) is 79.9 cm³/mol. The zero-order chi connectivity index (χ0) is 15.2. The Morgan fingerprint density at radius 3 is 2.57 bits per heavy atom. The summed E-state index contributed by atoms with van der Waals surface area (Å²) in [5.41, 5.74) is 1.55. The molecule has 1 unspecified atom stereocenters. The molecule has 2 rings (SSSR count). The number of rotatable bonds is 6. The van der Waals surface area contributed by atoms with Gasteiger partial charge in [0, 0.05) is 13.1 Å². The highest BCUT2D eigenvalue weighted by atomic mass is 35.5. The number of hydrogen-bond donors (Lipinski definition) is 2. The number of benzene rings is 2. The van der Waals surface area contributed by atoms with Crippen molar-refractivity contribution in [2.45, 2.75) is 12.5 Å². The molecular formula is C16H15ClFNO2. The van der Waals surface area contributed by atoms with E-state index in [1.807, 2.05) is 18.2 Å². The van der Waals surface area contributed by atoms with Crippen molar-refractivity contribution in [2.75, 3.05) is 6.54 Å². The fraction of sp³-hybridized carbons (Fsp3) is 0.188. The van der Waals surface area contributed by atoms with E-state index in [2.05, 4.69) is 5.32 Å². The van der Waals surface area contributed by atoms with Gasteiger partial charge in [0.05, 0.1) is 10.9 Å². The Morgan fingerprint density at radius 1 is 1.24 bits per heavy atom. The van der Waals surface area contributed by atoms with Gasteiger partial charge in [-0.15, -0.1) is 0 Å². The third-order valence-corrected chi connectivity index (χ3v) is 3.45. The summed E-state index contributed by atoms with van der Waals surface area (Å²) in [5.74, 6) is -1.97. The molecule has 0 fully saturated rings. The Bertz CT molecular complexity index is 619. The minimum Gasteiger partial charge on any atom is -0.481 e. The summed E-state index contributed by atoms with van der Waals surface area (Å²) in [6.07, 6.45) is 0. The van der Waals surface area contributed by atoms with Crippen LogP contribution in [0.4, 0.5) is 4.39 Å². The molecule has 0 saturated heterocycles. The second-order valence-electron chi connectivity index (χ2n) is 4.68. The van der Waals surface area contributed by atoms with Crippen LogP contribution in [0.25, 0.3) is 0 Å². The number of carboxylic acids is 1. The fourth-order valence-corrected chi connectivity index (χ4v) is 2.25. The lowest BCUT2D eigenvalue weighted by molar-refractivity contribution is -0.138. The molecule has 0 aliphatic heterocycles. The molecule has 5 heteroatoms. The van der Waals surface area contributed by atoms with Crippen molar-refractivity contribution in [1.82, 2.24) is 5.32 Å². The molecule has 0 saturated carbocycles. The van der Waals surface area contributed by atoms with Crippen molar-refractivity contribution in [1.29, 1.82) is 0 Å². The maximum Gasteiger partial charge on any atom is 0.312 e. The summed E-state index contributed by atoms with van der Waals surface area (Å²) in [4.78, 5) is 11.3. The van der Waals surface area contributed by atoms with Crippen LogP contribution in [-0.2, 0) is 11.3 Å². The minimum absolute atomic E-state index is 0.0622. The Labute approximate surface area is 127 Å². The Kier molecular flexibility index (Phi) is 5.31. The molecule has 0 aromatic heterocycles. The molecule has 110 valence electrons. The van der Waals surface area contributed by atoms with Gasteiger partial charge in [-0.3, -0.25) is 4.79 Å². The number of halogens is 2. The molecule has 2 N–H and O–H groups in total. The first-order valence-corrected chi connectivity index (χ1v) is 6.88. The summed E-state index contributed by atoms with van der Waals surface area (Å²) >= 11 is 5.70. The molecule has 0 bridgehead atoms. The zero-order valence-corrected chi connectivity index (χ0v) is 12.0. The highest BCUT2D eigenvalue weighted by Gasteiger charge is 2.18. The molecule has 21 heavy (non-hydrogen) atoms. The van der Waals surface area contributed by atoms with Crippen LogP contribution in [-0.4, -0.2) is 17.6 Å². The largest absolute Gasteiger partial charge is 0.481 e. The first kappa shape index (κ1) is 15.5. The van der Waals surface area contributed by atoms with Crippen molar-refractivity contribution in [3.8, 4) is 0 Å². The fourth-order valence-electron chi connectivity index (χ4n) is 2.04. The normalized spacial score (nSPS) is 12.1. The summed E-state index contributed by atoms with van der Waals surface area (Å²) < 4.78 is 13.0. The van der Waals surface area contributed by atoms with E-state index >= 15 is 0 Å². The monoisotopic (exact) mass is 307 g/mol. The van der Waals surface area contributed by atoms with Crippen LogP contribution < -0.4 is 5.32 Å². The van der Waals surface area contributed by atoms with E-state index in [1.54, 1.807) is 18.2 Å². The van der Waals surface area contributed by atoms with Gasteiger partial charge in [0.2, 0.25) is 0 Å². The van der Waals surface area contributed by atoms with Crippen LogP contribution in [0, 0.1) is 5.82 Å². The standard InChI is InChI=1S/C16H15ClFNO2/c17-14-8-11(6-7-15(14)18)9-19-10-13(16(20)21)12-4-2-1-3-5-12/h1-8,13,19H,9-10H2,(H,20,21). The lowest BCUT2D eigenvalue weighted by Gasteiger charge is -2.14. The molecule has 2 aromatic rings. The third kappa shape index (κ3) is 4.28. The van der Waals surface area contributed by atoms with E-state index < -0.39 is 17.7 Å². The topological polar surface area (TPSA) is 49.3 Å². The van der Waals surface area contributed by atoms with Crippen molar-refractivity contribution in [3.05, 3.63) is 70.5 Å². The predicted octanol–water partition coefficient (Wildman–Crippen LogP) is 3.44. The van der Waals surface area contributed by atoms with Crippen LogP contribution in [0.5, 0.6) is 0 Å². The number of carbonyl (C=O) groups is 1. The minimum atomic E-state index is -0.883. The molecule has 0 radical (unpaired) electrons. The van der Waals surface area contributed by atoms with Gasteiger partial charge in [-0.25, -0.2) is 4.39 Å². The van der Waals surface area contributed by atoms with Gasteiger partial charge in [0.1, 0.15) is 5.82 Å². The lowest BCUT2D eigenvalue weighted by Crippen LogP contribution is -2.26. The molecule has 0 aliphatic carbocycles.